The molecule has 0 atom stereocenters. The maximum absolute atomic E-state index is 13.7. The molecule has 106 valence electrons. The van der Waals surface area contributed by atoms with Crippen molar-refractivity contribution in [2.24, 2.45) is 0 Å². The van der Waals surface area contributed by atoms with Gasteiger partial charge in [-0.3, -0.25) is 0 Å². The molecule has 0 amide bonds. The number of ether oxygens (including phenoxy) is 1. The Morgan fingerprint density at radius 1 is 1.35 bits per heavy atom. The van der Waals surface area contributed by atoms with E-state index in [2.05, 4.69) is 38.1 Å². The SMILES string of the molecule is CCCNc1ncnc(Oc2cc(C)ccc2F)c1Br. The molecule has 0 bridgehead atoms. The summed E-state index contributed by atoms with van der Waals surface area (Å²) in [4.78, 5) is 8.14. The predicted octanol–water partition coefficient (Wildman–Crippen LogP) is 4.30. The van der Waals surface area contributed by atoms with Crippen molar-refractivity contribution >= 4 is 21.7 Å². The lowest BCUT2D eigenvalue weighted by Gasteiger charge is -2.11. The van der Waals surface area contributed by atoms with E-state index >= 15 is 0 Å². The Morgan fingerprint density at radius 3 is 2.90 bits per heavy atom. The molecule has 2 aromatic rings. The minimum atomic E-state index is -0.427. The summed E-state index contributed by atoms with van der Waals surface area (Å²) in [6.07, 6.45) is 2.35. The molecular formula is C14H15BrFN3O. The Kier molecular flexibility index (Phi) is 4.89. The first-order valence-corrected chi connectivity index (χ1v) is 7.09. The molecule has 4 nitrogen and oxygen atoms in total. The molecule has 0 saturated carbocycles. The fraction of sp³-hybridized carbons (Fsp3) is 0.286. The van der Waals surface area contributed by atoms with Gasteiger partial charge in [0, 0.05) is 6.54 Å². The standard InChI is InChI=1S/C14H15BrFN3O/c1-3-6-17-13-12(15)14(19-8-18-13)20-11-7-9(2)4-5-10(11)16/h4-5,7-8H,3,6H2,1-2H3,(H,17,18,19). The van der Waals surface area contributed by atoms with Gasteiger partial charge in [-0.1, -0.05) is 13.0 Å². The molecule has 1 aromatic heterocycles. The highest BCUT2D eigenvalue weighted by Gasteiger charge is 2.12. The molecule has 6 heteroatoms. The van der Waals surface area contributed by atoms with Gasteiger partial charge in [0.25, 0.3) is 0 Å². The second kappa shape index (κ2) is 6.65. The number of hydrogen-bond donors (Lipinski definition) is 1. The molecule has 1 N–H and O–H groups in total. The van der Waals surface area contributed by atoms with E-state index in [0.29, 0.717) is 10.3 Å². The summed E-state index contributed by atoms with van der Waals surface area (Å²) in [6, 6.07) is 4.69. The fourth-order valence-corrected chi connectivity index (χ4v) is 2.01. The third kappa shape index (κ3) is 3.45. The summed E-state index contributed by atoms with van der Waals surface area (Å²) in [6.45, 7) is 4.71. The second-order valence-electron chi connectivity index (χ2n) is 4.30. The number of benzene rings is 1. The van der Waals surface area contributed by atoms with Gasteiger partial charge in [-0.25, -0.2) is 14.4 Å². The van der Waals surface area contributed by atoms with Crippen molar-refractivity contribution in [3.8, 4) is 11.6 Å². The van der Waals surface area contributed by atoms with Gasteiger partial charge >= 0.3 is 0 Å². The van der Waals surface area contributed by atoms with Crippen LogP contribution in [0, 0.1) is 12.7 Å². The van der Waals surface area contributed by atoms with E-state index in [1.54, 1.807) is 12.1 Å². The topological polar surface area (TPSA) is 47.0 Å². The Morgan fingerprint density at radius 2 is 2.15 bits per heavy atom. The van der Waals surface area contributed by atoms with Crippen LogP contribution in [-0.2, 0) is 0 Å². The lowest BCUT2D eigenvalue weighted by atomic mass is 10.2. The van der Waals surface area contributed by atoms with Crippen LogP contribution in [0.3, 0.4) is 0 Å². The van der Waals surface area contributed by atoms with Gasteiger partial charge in [0.15, 0.2) is 11.6 Å². The molecule has 0 aliphatic carbocycles. The fourth-order valence-electron chi connectivity index (χ4n) is 1.58. The maximum atomic E-state index is 13.7. The molecule has 0 fully saturated rings. The van der Waals surface area contributed by atoms with E-state index in [1.807, 2.05) is 6.92 Å². The monoisotopic (exact) mass is 339 g/mol. The van der Waals surface area contributed by atoms with E-state index in [-0.39, 0.29) is 11.6 Å². The third-order valence-electron chi connectivity index (χ3n) is 2.59. The average molecular weight is 340 g/mol. The van der Waals surface area contributed by atoms with Gasteiger partial charge in [-0.05, 0) is 47.0 Å². The van der Waals surface area contributed by atoms with Gasteiger partial charge < -0.3 is 10.1 Å². The van der Waals surface area contributed by atoms with Crippen LogP contribution in [0.4, 0.5) is 10.2 Å². The highest BCUT2D eigenvalue weighted by Crippen LogP contribution is 2.33. The zero-order chi connectivity index (χ0) is 14.5. The number of nitrogens with zero attached hydrogens (tertiary/aromatic N) is 2. The maximum Gasteiger partial charge on any atom is 0.239 e. The van der Waals surface area contributed by atoms with Crippen LogP contribution in [0.2, 0.25) is 0 Å². The number of anilines is 1. The summed E-state index contributed by atoms with van der Waals surface area (Å²) in [5.41, 5.74) is 0.913. The summed E-state index contributed by atoms with van der Waals surface area (Å²) >= 11 is 3.38. The summed E-state index contributed by atoms with van der Waals surface area (Å²) in [5, 5.41) is 3.14. The smallest absolute Gasteiger partial charge is 0.239 e. The minimum absolute atomic E-state index is 0.144. The summed E-state index contributed by atoms with van der Waals surface area (Å²) in [5.74, 6) is 0.628. The molecular weight excluding hydrogens is 325 g/mol. The molecule has 1 aromatic carbocycles. The van der Waals surface area contributed by atoms with Gasteiger partial charge in [-0.2, -0.15) is 0 Å². The molecule has 0 spiro atoms. The minimum Gasteiger partial charge on any atom is -0.435 e. The lowest BCUT2D eigenvalue weighted by molar-refractivity contribution is 0.423. The normalized spacial score (nSPS) is 10.4. The number of aryl methyl sites for hydroxylation is 1. The highest BCUT2D eigenvalue weighted by atomic mass is 79.9. The number of rotatable bonds is 5. The molecule has 0 unspecified atom stereocenters. The number of aromatic nitrogens is 2. The first kappa shape index (κ1) is 14.7. The van der Waals surface area contributed by atoms with Crippen LogP contribution < -0.4 is 10.1 Å². The number of halogens is 2. The van der Waals surface area contributed by atoms with Crippen LogP contribution in [0.1, 0.15) is 18.9 Å². The Hall–Kier alpha value is -1.69. The Balaban J connectivity index is 2.27. The van der Waals surface area contributed by atoms with Crippen LogP contribution in [0.15, 0.2) is 29.0 Å². The van der Waals surface area contributed by atoms with Crippen molar-refractivity contribution in [2.75, 3.05) is 11.9 Å². The van der Waals surface area contributed by atoms with E-state index < -0.39 is 5.82 Å². The van der Waals surface area contributed by atoms with Gasteiger partial charge in [0.1, 0.15) is 16.6 Å². The third-order valence-corrected chi connectivity index (χ3v) is 3.31. The van der Waals surface area contributed by atoms with E-state index in [9.17, 15) is 4.39 Å². The van der Waals surface area contributed by atoms with Crippen LogP contribution in [-0.4, -0.2) is 16.5 Å². The van der Waals surface area contributed by atoms with E-state index in [1.165, 1.54) is 12.4 Å². The molecule has 20 heavy (non-hydrogen) atoms. The second-order valence-corrected chi connectivity index (χ2v) is 5.10. The average Bonchev–Trinajstić information content (AvgIpc) is 2.44. The Bertz CT molecular complexity index is 607. The summed E-state index contributed by atoms with van der Waals surface area (Å²) in [7, 11) is 0. The largest absolute Gasteiger partial charge is 0.435 e. The first-order valence-electron chi connectivity index (χ1n) is 6.30. The quantitative estimate of drug-likeness (QED) is 0.882. The summed E-state index contributed by atoms with van der Waals surface area (Å²) < 4.78 is 19.8. The zero-order valence-electron chi connectivity index (χ0n) is 11.3. The molecule has 0 saturated heterocycles. The number of nitrogens with one attached hydrogen (secondary N) is 1. The van der Waals surface area contributed by atoms with Gasteiger partial charge in [-0.15, -0.1) is 0 Å². The van der Waals surface area contributed by atoms with Gasteiger partial charge in [0.2, 0.25) is 5.88 Å². The zero-order valence-corrected chi connectivity index (χ0v) is 12.9. The van der Waals surface area contributed by atoms with Crippen molar-refractivity contribution in [2.45, 2.75) is 20.3 Å². The van der Waals surface area contributed by atoms with Crippen molar-refractivity contribution in [3.05, 3.63) is 40.4 Å². The lowest BCUT2D eigenvalue weighted by Crippen LogP contribution is -2.04. The van der Waals surface area contributed by atoms with Crippen molar-refractivity contribution in [1.82, 2.24) is 9.97 Å². The Labute approximate surface area is 125 Å². The molecule has 1 heterocycles. The van der Waals surface area contributed by atoms with Crippen LogP contribution in [0.5, 0.6) is 11.6 Å². The molecule has 0 radical (unpaired) electrons. The van der Waals surface area contributed by atoms with Crippen LogP contribution >= 0.6 is 15.9 Å². The van der Waals surface area contributed by atoms with Crippen molar-refractivity contribution in [1.29, 1.82) is 0 Å². The van der Waals surface area contributed by atoms with Crippen molar-refractivity contribution < 1.29 is 9.13 Å². The highest BCUT2D eigenvalue weighted by molar-refractivity contribution is 9.10. The predicted molar refractivity (Wildman–Crippen MR) is 79.7 cm³/mol. The molecule has 0 aliphatic rings. The van der Waals surface area contributed by atoms with Gasteiger partial charge in [0.05, 0.1) is 0 Å². The van der Waals surface area contributed by atoms with E-state index in [0.717, 1.165) is 18.5 Å². The van der Waals surface area contributed by atoms with Crippen molar-refractivity contribution in [3.63, 3.8) is 0 Å². The molecule has 0 aliphatic heterocycles. The number of hydrogen-bond acceptors (Lipinski definition) is 4. The van der Waals surface area contributed by atoms with Crippen LogP contribution in [0.25, 0.3) is 0 Å². The first-order chi connectivity index (χ1) is 9.61. The van der Waals surface area contributed by atoms with E-state index in [4.69, 9.17) is 4.74 Å². The molecule has 2 rings (SSSR count).